The number of rotatable bonds is 4. The van der Waals surface area contributed by atoms with Crippen LogP contribution in [0.5, 0.6) is 0 Å². The van der Waals surface area contributed by atoms with Gasteiger partial charge in [0.25, 0.3) is 0 Å². The zero-order valence-corrected chi connectivity index (χ0v) is 14.1. The molecule has 1 aliphatic heterocycles. The largest absolute Gasteiger partial charge is 0.323 e. The average Bonchev–Trinajstić information content (AvgIpc) is 3.09. The van der Waals surface area contributed by atoms with E-state index in [1.54, 1.807) is 41.5 Å². The second kappa shape index (κ2) is 6.70. The zero-order chi connectivity index (χ0) is 17.2. The van der Waals surface area contributed by atoms with Gasteiger partial charge in [-0.1, -0.05) is 0 Å². The van der Waals surface area contributed by atoms with Gasteiger partial charge in [0.1, 0.15) is 0 Å². The molecule has 1 aliphatic rings. The molecule has 0 saturated carbocycles. The molecule has 0 aliphatic carbocycles. The van der Waals surface area contributed by atoms with Gasteiger partial charge in [0.2, 0.25) is 15.9 Å². The number of hydrogen-bond acceptors (Lipinski definition) is 5. The molecule has 0 bridgehead atoms. The Hall–Kier alpha value is -2.26. The maximum Gasteiger partial charge on any atom is 0.228 e. The molecule has 1 N–H and O–H groups in total. The lowest BCUT2D eigenvalue weighted by atomic mass is 9.99. The monoisotopic (exact) mass is 349 g/mol. The number of nitrogens with zero attached hydrogens (tertiary/aromatic N) is 4. The first kappa shape index (κ1) is 16.6. The molecule has 24 heavy (non-hydrogen) atoms. The van der Waals surface area contributed by atoms with Crippen molar-refractivity contribution in [3.05, 3.63) is 36.8 Å². The number of carbonyl (C=O) groups excluding carboxylic acids is 1. The molecule has 8 nitrogen and oxygen atoms in total. The number of amides is 1. The number of sulfonamides is 1. The summed E-state index contributed by atoms with van der Waals surface area (Å²) in [4.78, 5) is 16.8. The van der Waals surface area contributed by atoms with Crippen molar-refractivity contribution in [2.24, 2.45) is 5.92 Å². The Kier molecular flexibility index (Phi) is 4.63. The van der Waals surface area contributed by atoms with Crippen LogP contribution in [0.4, 0.5) is 5.69 Å². The van der Waals surface area contributed by atoms with E-state index in [4.69, 9.17) is 0 Å². The summed E-state index contributed by atoms with van der Waals surface area (Å²) in [5, 5.41) is 6.98. The molecule has 1 fully saturated rings. The van der Waals surface area contributed by atoms with Gasteiger partial charge in [-0.15, -0.1) is 0 Å². The molecule has 0 spiro atoms. The number of pyridine rings is 1. The van der Waals surface area contributed by atoms with Gasteiger partial charge in [0, 0.05) is 31.7 Å². The van der Waals surface area contributed by atoms with Gasteiger partial charge >= 0.3 is 0 Å². The van der Waals surface area contributed by atoms with E-state index in [0.717, 1.165) is 0 Å². The van der Waals surface area contributed by atoms with E-state index in [-0.39, 0.29) is 18.4 Å². The van der Waals surface area contributed by atoms with E-state index < -0.39 is 10.0 Å². The van der Waals surface area contributed by atoms with Gasteiger partial charge < -0.3 is 5.32 Å². The number of nitrogens with one attached hydrogen (secondary N) is 1. The van der Waals surface area contributed by atoms with Crippen molar-refractivity contribution in [3.63, 3.8) is 0 Å². The van der Waals surface area contributed by atoms with Gasteiger partial charge in [-0.2, -0.15) is 5.10 Å². The SMILES string of the molecule is CS(=O)(=O)N1CCCC(C(=O)Nc2cccnc2-n2cccn2)C1. The second-order valence-electron chi connectivity index (χ2n) is 5.77. The van der Waals surface area contributed by atoms with Crippen LogP contribution in [-0.4, -0.2) is 52.7 Å². The fourth-order valence-electron chi connectivity index (χ4n) is 2.76. The van der Waals surface area contributed by atoms with Crippen LogP contribution in [0.1, 0.15) is 12.8 Å². The standard InChI is InChI=1S/C15H19N5O3S/c1-24(22,23)19-9-3-5-12(11-19)15(21)18-13-6-2-7-16-14(13)20-10-4-8-17-20/h2,4,6-8,10,12H,3,5,9,11H2,1H3,(H,18,21). The van der Waals surface area contributed by atoms with Crippen LogP contribution in [0.25, 0.3) is 5.82 Å². The first-order valence-electron chi connectivity index (χ1n) is 7.66. The second-order valence-corrected chi connectivity index (χ2v) is 7.76. The van der Waals surface area contributed by atoms with E-state index in [2.05, 4.69) is 15.4 Å². The topological polar surface area (TPSA) is 97.2 Å². The molecule has 3 rings (SSSR count). The minimum absolute atomic E-state index is 0.204. The van der Waals surface area contributed by atoms with E-state index in [9.17, 15) is 13.2 Å². The van der Waals surface area contributed by atoms with Gasteiger partial charge in [-0.3, -0.25) is 4.79 Å². The molecule has 1 saturated heterocycles. The van der Waals surface area contributed by atoms with E-state index in [1.807, 2.05) is 0 Å². The van der Waals surface area contributed by atoms with Crippen LogP contribution in [0, 0.1) is 5.92 Å². The minimum atomic E-state index is -3.28. The summed E-state index contributed by atoms with van der Waals surface area (Å²) >= 11 is 0. The molecule has 1 unspecified atom stereocenters. The van der Waals surface area contributed by atoms with Crippen molar-refractivity contribution in [2.45, 2.75) is 12.8 Å². The molecule has 0 radical (unpaired) electrons. The van der Waals surface area contributed by atoms with Crippen LogP contribution in [-0.2, 0) is 14.8 Å². The minimum Gasteiger partial charge on any atom is -0.323 e. The van der Waals surface area contributed by atoms with Crippen LogP contribution < -0.4 is 5.32 Å². The maximum absolute atomic E-state index is 12.6. The van der Waals surface area contributed by atoms with Crippen molar-refractivity contribution < 1.29 is 13.2 Å². The Labute approximate surface area is 140 Å². The van der Waals surface area contributed by atoms with Gasteiger partial charge in [-0.25, -0.2) is 22.4 Å². The van der Waals surface area contributed by atoms with Crippen LogP contribution in [0.15, 0.2) is 36.8 Å². The van der Waals surface area contributed by atoms with Gasteiger partial charge in [-0.05, 0) is 31.0 Å². The lowest BCUT2D eigenvalue weighted by molar-refractivity contribution is -0.120. The average molecular weight is 349 g/mol. The number of anilines is 1. The molecule has 0 aromatic carbocycles. The first-order valence-corrected chi connectivity index (χ1v) is 9.51. The lowest BCUT2D eigenvalue weighted by Crippen LogP contribution is -2.43. The summed E-state index contributed by atoms with van der Waals surface area (Å²) in [6.45, 7) is 0.677. The number of piperidine rings is 1. The fourth-order valence-corrected chi connectivity index (χ4v) is 3.68. The lowest BCUT2D eigenvalue weighted by Gasteiger charge is -2.30. The Morgan fingerprint density at radius 2 is 2.17 bits per heavy atom. The third-order valence-corrected chi connectivity index (χ3v) is 5.26. The summed E-state index contributed by atoms with van der Waals surface area (Å²) in [6, 6.07) is 5.25. The third kappa shape index (κ3) is 3.62. The van der Waals surface area contributed by atoms with Crippen molar-refractivity contribution in [3.8, 4) is 5.82 Å². The van der Waals surface area contributed by atoms with Gasteiger partial charge in [0.05, 0.1) is 17.9 Å². The molecule has 1 amide bonds. The number of hydrogen-bond donors (Lipinski definition) is 1. The van der Waals surface area contributed by atoms with Crippen molar-refractivity contribution in [1.29, 1.82) is 0 Å². The van der Waals surface area contributed by atoms with Crippen molar-refractivity contribution in [2.75, 3.05) is 24.7 Å². The normalized spacial score (nSPS) is 19.1. The molecular formula is C15H19N5O3S. The van der Waals surface area contributed by atoms with Crippen LogP contribution in [0.2, 0.25) is 0 Å². The third-order valence-electron chi connectivity index (χ3n) is 3.99. The summed E-state index contributed by atoms with van der Waals surface area (Å²) < 4.78 is 26.3. The highest BCUT2D eigenvalue weighted by Gasteiger charge is 2.30. The summed E-state index contributed by atoms with van der Waals surface area (Å²) in [5.41, 5.74) is 0.544. The van der Waals surface area contributed by atoms with E-state index in [1.165, 1.54) is 10.6 Å². The quantitative estimate of drug-likeness (QED) is 0.884. The smallest absolute Gasteiger partial charge is 0.228 e. The molecular weight excluding hydrogens is 330 g/mol. The highest BCUT2D eigenvalue weighted by atomic mass is 32.2. The summed E-state index contributed by atoms with van der Waals surface area (Å²) in [7, 11) is -3.28. The van der Waals surface area contributed by atoms with Crippen LogP contribution >= 0.6 is 0 Å². The molecule has 1 atom stereocenters. The predicted octanol–water partition coefficient (Wildman–Crippen LogP) is 0.877. The Bertz CT molecular complexity index is 819. The molecule has 2 aromatic rings. The highest BCUT2D eigenvalue weighted by Crippen LogP contribution is 2.22. The van der Waals surface area contributed by atoms with Crippen LogP contribution in [0.3, 0.4) is 0 Å². The highest BCUT2D eigenvalue weighted by molar-refractivity contribution is 7.88. The van der Waals surface area contributed by atoms with E-state index in [0.29, 0.717) is 30.9 Å². The summed E-state index contributed by atoms with van der Waals surface area (Å²) in [6.07, 6.45) is 7.50. The van der Waals surface area contributed by atoms with E-state index >= 15 is 0 Å². The van der Waals surface area contributed by atoms with Crippen molar-refractivity contribution >= 4 is 21.6 Å². The molecule has 2 aromatic heterocycles. The zero-order valence-electron chi connectivity index (χ0n) is 13.3. The first-order chi connectivity index (χ1) is 11.4. The Balaban J connectivity index is 1.76. The Morgan fingerprint density at radius 3 is 2.88 bits per heavy atom. The van der Waals surface area contributed by atoms with Crippen molar-refractivity contribution in [1.82, 2.24) is 19.1 Å². The fraction of sp³-hybridized carbons (Fsp3) is 0.400. The number of aromatic nitrogens is 3. The number of carbonyl (C=O) groups is 1. The summed E-state index contributed by atoms with van der Waals surface area (Å²) in [5.74, 6) is -0.0597. The predicted molar refractivity (Wildman–Crippen MR) is 89.1 cm³/mol. The van der Waals surface area contributed by atoms with Gasteiger partial charge in [0.15, 0.2) is 5.82 Å². The molecule has 9 heteroatoms. The maximum atomic E-state index is 12.6. The molecule has 128 valence electrons. The molecule has 3 heterocycles. The Morgan fingerprint density at radius 1 is 1.33 bits per heavy atom.